The molecule has 0 spiro atoms. The highest BCUT2D eigenvalue weighted by molar-refractivity contribution is 6.20. The van der Waals surface area contributed by atoms with Crippen LogP contribution >= 0.6 is 0 Å². The van der Waals surface area contributed by atoms with Crippen LogP contribution in [-0.4, -0.2) is 23.3 Å². The Bertz CT molecular complexity index is 750. The quantitative estimate of drug-likeness (QED) is 0.670. The van der Waals surface area contributed by atoms with Crippen molar-refractivity contribution < 1.29 is 24.1 Å². The van der Waals surface area contributed by atoms with E-state index in [9.17, 15) is 19.4 Å². The number of carboxylic acids is 1. The molecule has 5 heteroatoms. The number of para-hydroxylation sites is 1. The molecule has 0 saturated carbocycles. The third-order valence-electron chi connectivity index (χ3n) is 3.26. The highest BCUT2D eigenvalue weighted by Gasteiger charge is 2.14. The van der Waals surface area contributed by atoms with Crippen LogP contribution in [0.25, 0.3) is 11.6 Å². The van der Waals surface area contributed by atoms with Crippen molar-refractivity contribution >= 4 is 17.6 Å². The number of hydrogen-bond donors (Lipinski definition) is 2. The van der Waals surface area contributed by atoms with E-state index in [0.29, 0.717) is 5.56 Å². The van der Waals surface area contributed by atoms with Crippen molar-refractivity contribution in [2.24, 2.45) is 0 Å². The first-order valence-electron chi connectivity index (χ1n) is 6.51. The SMILES string of the molecule is COc1cccc(/C=C(\C(=O)O)c2ccc(C)c(F)c2)c1O. The lowest BCUT2D eigenvalue weighted by atomic mass is 10.0. The van der Waals surface area contributed by atoms with Crippen molar-refractivity contribution in [3.8, 4) is 11.5 Å². The van der Waals surface area contributed by atoms with Gasteiger partial charge in [0.1, 0.15) is 5.82 Å². The predicted octanol–water partition coefficient (Wildman–Crippen LogP) is 3.47. The molecule has 2 aromatic rings. The number of methoxy groups -OCH3 is 1. The molecule has 4 nitrogen and oxygen atoms in total. The van der Waals surface area contributed by atoms with Crippen LogP contribution in [0, 0.1) is 12.7 Å². The minimum atomic E-state index is -1.22. The van der Waals surface area contributed by atoms with Crippen LogP contribution in [0.2, 0.25) is 0 Å². The van der Waals surface area contributed by atoms with E-state index in [1.807, 2.05) is 0 Å². The average Bonchev–Trinajstić information content (AvgIpc) is 2.49. The van der Waals surface area contributed by atoms with Gasteiger partial charge in [-0.2, -0.15) is 0 Å². The van der Waals surface area contributed by atoms with Crippen molar-refractivity contribution in [2.45, 2.75) is 6.92 Å². The number of carbonyl (C=O) groups is 1. The van der Waals surface area contributed by atoms with Gasteiger partial charge in [-0.05, 0) is 36.3 Å². The molecule has 0 amide bonds. The van der Waals surface area contributed by atoms with Gasteiger partial charge in [0.25, 0.3) is 0 Å². The molecule has 0 heterocycles. The van der Waals surface area contributed by atoms with Gasteiger partial charge in [0.2, 0.25) is 0 Å². The molecule has 2 aromatic carbocycles. The fourth-order valence-electron chi connectivity index (χ4n) is 2.00. The maximum atomic E-state index is 13.7. The Hall–Kier alpha value is -2.82. The highest BCUT2D eigenvalue weighted by Crippen LogP contribution is 2.32. The van der Waals surface area contributed by atoms with Crippen LogP contribution < -0.4 is 4.74 Å². The van der Waals surface area contributed by atoms with E-state index in [0.717, 1.165) is 6.07 Å². The lowest BCUT2D eigenvalue weighted by molar-refractivity contribution is -0.130. The van der Waals surface area contributed by atoms with Gasteiger partial charge in [-0.25, -0.2) is 9.18 Å². The van der Waals surface area contributed by atoms with Crippen LogP contribution in [0.15, 0.2) is 36.4 Å². The van der Waals surface area contributed by atoms with Gasteiger partial charge in [-0.1, -0.05) is 24.3 Å². The van der Waals surface area contributed by atoms with Gasteiger partial charge in [0.15, 0.2) is 11.5 Å². The molecule has 114 valence electrons. The first-order chi connectivity index (χ1) is 10.4. The summed E-state index contributed by atoms with van der Waals surface area (Å²) in [4.78, 5) is 11.5. The molecule has 0 aliphatic carbocycles. The van der Waals surface area contributed by atoms with Gasteiger partial charge in [0, 0.05) is 5.56 Å². The smallest absolute Gasteiger partial charge is 0.336 e. The van der Waals surface area contributed by atoms with E-state index in [-0.39, 0.29) is 28.2 Å². The van der Waals surface area contributed by atoms with E-state index in [4.69, 9.17) is 4.74 Å². The van der Waals surface area contributed by atoms with Gasteiger partial charge in [-0.15, -0.1) is 0 Å². The van der Waals surface area contributed by atoms with Crippen molar-refractivity contribution in [2.75, 3.05) is 7.11 Å². The van der Waals surface area contributed by atoms with Crippen molar-refractivity contribution in [3.05, 3.63) is 58.9 Å². The Morgan fingerprint density at radius 1 is 1.27 bits per heavy atom. The number of ether oxygens (including phenoxy) is 1. The van der Waals surface area contributed by atoms with Crippen LogP contribution in [-0.2, 0) is 4.79 Å². The van der Waals surface area contributed by atoms with Gasteiger partial charge < -0.3 is 14.9 Å². The zero-order valence-electron chi connectivity index (χ0n) is 12.1. The summed E-state index contributed by atoms with van der Waals surface area (Å²) in [6.45, 7) is 1.59. The number of aryl methyl sites for hydroxylation is 1. The first kappa shape index (κ1) is 15.6. The number of rotatable bonds is 4. The van der Waals surface area contributed by atoms with E-state index >= 15 is 0 Å². The normalized spacial score (nSPS) is 11.3. The second-order valence-corrected chi connectivity index (χ2v) is 4.73. The number of benzene rings is 2. The zero-order chi connectivity index (χ0) is 16.3. The molecule has 0 aliphatic heterocycles. The van der Waals surface area contributed by atoms with Crippen molar-refractivity contribution in [1.82, 2.24) is 0 Å². The third kappa shape index (κ3) is 3.09. The number of carboxylic acid groups (broad SMARTS) is 1. The molecule has 0 unspecified atom stereocenters. The maximum absolute atomic E-state index is 13.7. The lowest BCUT2D eigenvalue weighted by Crippen LogP contribution is -2.01. The second-order valence-electron chi connectivity index (χ2n) is 4.73. The minimum absolute atomic E-state index is 0.123. The van der Waals surface area contributed by atoms with Crippen LogP contribution in [0.4, 0.5) is 4.39 Å². The summed E-state index contributed by atoms with van der Waals surface area (Å²) in [5.74, 6) is -1.64. The number of hydrogen-bond acceptors (Lipinski definition) is 3. The zero-order valence-corrected chi connectivity index (χ0v) is 12.1. The second kappa shape index (κ2) is 6.30. The Morgan fingerprint density at radius 2 is 2.00 bits per heavy atom. The molecular weight excluding hydrogens is 287 g/mol. The summed E-state index contributed by atoms with van der Waals surface area (Å²) in [6, 6.07) is 8.92. The van der Waals surface area contributed by atoms with Gasteiger partial charge >= 0.3 is 5.97 Å². The fourth-order valence-corrected chi connectivity index (χ4v) is 2.00. The summed E-state index contributed by atoms with van der Waals surface area (Å²) in [5, 5.41) is 19.4. The van der Waals surface area contributed by atoms with E-state index < -0.39 is 11.8 Å². The van der Waals surface area contributed by atoms with Gasteiger partial charge in [-0.3, -0.25) is 0 Å². The highest BCUT2D eigenvalue weighted by atomic mass is 19.1. The largest absolute Gasteiger partial charge is 0.504 e. The summed E-state index contributed by atoms with van der Waals surface area (Å²) in [7, 11) is 1.40. The van der Waals surface area contributed by atoms with Crippen molar-refractivity contribution in [1.29, 1.82) is 0 Å². The van der Waals surface area contributed by atoms with Crippen LogP contribution in [0.1, 0.15) is 16.7 Å². The molecule has 2 rings (SSSR count). The molecular formula is C17H15FO4. The predicted molar refractivity (Wildman–Crippen MR) is 81.3 cm³/mol. The summed E-state index contributed by atoms with van der Waals surface area (Å²) in [6.07, 6.45) is 1.28. The number of aliphatic carboxylic acids is 1. The van der Waals surface area contributed by atoms with Gasteiger partial charge in [0.05, 0.1) is 12.7 Å². The van der Waals surface area contributed by atoms with Crippen LogP contribution in [0.3, 0.4) is 0 Å². The van der Waals surface area contributed by atoms with E-state index in [1.165, 1.54) is 25.3 Å². The number of phenols is 1. The molecule has 0 saturated heterocycles. The minimum Gasteiger partial charge on any atom is -0.504 e. The maximum Gasteiger partial charge on any atom is 0.336 e. The van der Waals surface area contributed by atoms with E-state index in [2.05, 4.69) is 0 Å². The summed E-state index contributed by atoms with van der Waals surface area (Å²) < 4.78 is 18.6. The monoisotopic (exact) mass is 302 g/mol. The molecule has 0 aliphatic rings. The standard InChI is InChI=1S/C17H15FO4/c1-10-6-7-11(9-14(10)18)13(17(20)21)8-12-4-3-5-15(22-2)16(12)19/h3-9,19H,1-2H3,(H,20,21)/b13-8-. The summed E-state index contributed by atoms with van der Waals surface area (Å²) in [5.41, 5.74) is 0.802. The molecule has 0 bridgehead atoms. The van der Waals surface area contributed by atoms with Crippen LogP contribution in [0.5, 0.6) is 11.5 Å². The molecule has 2 N–H and O–H groups in total. The Balaban J connectivity index is 2.57. The number of aromatic hydroxyl groups is 1. The Kier molecular flexibility index (Phi) is 4.46. The third-order valence-corrected chi connectivity index (χ3v) is 3.26. The molecule has 22 heavy (non-hydrogen) atoms. The Morgan fingerprint density at radius 3 is 2.59 bits per heavy atom. The molecule has 0 fully saturated rings. The van der Waals surface area contributed by atoms with E-state index in [1.54, 1.807) is 25.1 Å². The average molecular weight is 302 g/mol. The lowest BCUT2D eigenvalue weighted by Gasteiger charge is -2.08. The number of halogens is 1. The number of phenolic OH excluding ortho intramolecular Hbond substituents is 1. The Labute approximate surface area is 127 Å². The first-order valence-corrected chi connectivity index (χ1v) is 6.51. The summed E-state index contributed by atoms with van der Waals surface area (Å²) >= 11 is 0. The fraction of sp³-hybridized carbons (Fsp3) is 0.118. The topological polar surface area (TPSA) is 66.8 Å². The molecule has 0 atom stereocenters. The van der Waals surface area contributed by atoms with Crippen molar-refractivity contribution in [3.63, 3.8) is 0 Å². The molecule has 0 radical (unpaired) electrons. The molecule has 0 aromatic heterocycles.